The van der Waals surface area contributed by atoms with Gasteiger partial charge in [0, 0.05) is 18.0 Å². The lowest BCUT2D eigenvalue weighted by Gasteiger charge is -2.30. The first-order chi connectivity index (χ1) is 15.1. The summed E-state index contributed by atoms with van der Waals surface area (Å²) in [7, 11) is 0. The monoisotopic (exact) mass is 452 g/mol. The first kappa shape index (κ1) is 20.3. The molecule has 5 rings (SSSR count). The first-order valence-electron chi connectivity index (χ1n) is 10.5. The predicted molar refractivity (Wildman–Crippen MR) is 127 cm³/mol. The molecule has 1 fully saturated rings. The molecule has 1 aliphatic rings. The molecule has 160 valence electrons. The SMILES string of the molecule is Cc1sc2ncn3c(SCC(=O)Nc4ccccc4N4CCCCC4)nnc3c2c1C. The highest BCUT2D eigenvalue weighted by Gasteiger charge is 2.18. The average molecular weight is 453 g/mol. The van der Waals surface area contributed by atoms with Crippen molar-refractivity contribution in [2.24, 2.45) is 0 Å². The number of hydrogen-bond donors (Lipinski definition) is 1. The van der Waals surface area contributed by atoms with Crippen molar-refractivity contribution in [3.8, 4) is 0 Å². The molecule has 4 aromatic rings. The van der Waals surface area contributed by atoms with Crippen LogP contribution in [0.1, 0.15) is 29.7 Å². The number of hydrogen-bond acceptors (Lipinski definition) is 7. The van der Waals surface area contributed by atoms with Crippen LogP contribution in [-0.4, -0.2) is 44.3 Å². The fourth-order valence-corrected chi connectivity index (χ4v) is 5.72. The summed E-state index contributed by atoms with van der Waals surface area (Å²) >= 11 is 3.04. The van der Waals surface area contributed by atoms with Gasteiger partial charge in [0.25, 0.3) is 0 Å². The lowest BCUT2D eigenvalue weighted by Crippen LogP contribution is -2.30. The minimum Gasteiger partial charge on any atom is -0.370 e. The van der Waals surface area contributed by atoms with Crippen molar-refractivity contribution < 1.29 is 4.79 Å². The normalized spacial score (nSPS) is 14.5. The van der Waals surface area contributed by atoms with Crippen molar-refractivity contribution in [2.75, 3.05) is 29.1 Å². The number of aryl methyl sites for hydroxylation is 2. The Balaban J connectivity index is 1.31. The second kappa shape index (κ2) is 8.47. The minimum absolute atomic E-state index is 0.0530. The van der Waals surface area contributed by atoms with Crippen LogP contribution in [0.2, 0.25) is 0 Å². The Morgan fingerprint density at radius 3 is 2.81 bits per heavy atom. The van der Waals surface area contributed by atoms with Gasteiger partial charge in [-0.25, -0.2) is 4.98 Å². The number of piperidine rings is 1. The number of para-hydroxylation sites is 2. The second-order valence-electron chi connectivity index (χ2n) is 7.79. The summed E-state index contributed by atoms with van der Waals surface area (Å²) in [5.41, 5.74) is 3.96. The molecular formula is C22H24N6OS2. The molecule has 0 spiro atoms. The Bertz CT molecular complexity index is 1260. The van der Waals surface area contributed by atoms with Crippen molar-refractivity contribution in [1.82, 2.24) is 19.6 Å². The highest BCUT2D eigenvalue weighted by atomic mass is 32.2. The lowest BCUT2D eigenvalue weighted by atomic mass is 10.1. The van der Waals surface area contributed by atoms with Crippen molar-refractivity contribution >= 4 is 56.2 Å². The highest BCUT2D eigenvalue weighted by Crippen LogP contribution is 2.32. The molecule has 0 aliphatic carbocycles. The summed E-state index contributed by atoms with van der Waals surface area (Å²) in [6, 6.07) is 8.05. The zero-order chi connectivity index (χ0) is 21.4. The fraction of sp³-hybridized carbons (Fsp3) is 0.364. The summed E-state index contributed by atoms with van der Waals surface area (Å²) in [6.45, 7) is 6.26. The molecule has 7 nitrogen and oxygen atoms in total. The maximum atomic E-state index is 12.7. The summed E-state index contributed by atoms with van der Waals surface area (Å²) in [5.74, 6) is 0.206. The van der Waals surface area contributed by atoms with Crippen LogP contribution in [0.25, 0.3) is 15.9 Å². The van der Waals surface area contributed by atoms with Crippen LogP contribution in [-0.2, 0) is 4.79 Å². The van der Waals surface area contributed by atoms with Crippen LogP contribution in [0.4, 0.5) is 11.4 Å². The van der Waals surface area contributed by atoms with E-state index in [4.69, 9.17) is 0 Å². The Kier molecular flexibility index (Phi) is 5.54. The van der Waals surface area contributed by atoms with E-state index in [9.17, 15) is 4.79 Å². The number of anilines is 2. The Morgan fingerprint density at radius 1 is 1.16 bits per heavy atom. The molecule has 0 atom stereocenters. The largest absolute Gasteiger partial charge is 0.370 e. The van der Waals surface area contributed by atoms with Gasteiger partial charge in [0.05, 0.1) is 22.5 Å². The van der Waals surface area contributed by atoms with Gasteiger partial charge in [-0.15, -0.1) is 21.5 Å². The Labute approximate surface area is 188 Å². The zero-order valence-corrected chi connectivity index (χ0v) is 19.2. The third-order valence-electron chi connectivity index (χ3n) is 5.75. The summed E-state index contributed by atoms with van der Waals surface area (Å²) in [6.07, 6.45) is 5.42. The van der Waals surface area contributed by atoms with Gasteiger partial charge < -0.3 is 10.2 Å². The Hall–Kier alpha value is -2.65. The number of aromatic nitrogens is 4. The van der Waals surface area contributed by atoms with Crippen molar-refractivity contribution in [1.29, 1.82) is 0 Å². The molecule has 1 aromatic carbocycles. The van der Waals surface area contributed by atoms with Crippen LogP contribution in [0.3, 0.4) is 0 Å². The van der Waals surface area contributed by atoms with Crippen molar-refractivity contribution in [3.63, 3.8) is 0 Å². The fourth-order valence-electron chi connectivity index (χ4n) is 4.03. The molecule has 4 heterocycles. The third-order valence-corrected chi connectivity index (χ3v) is 7.81. The highest BCUT2D eigenvalue weighted by molar-refractivity contribution is 7.99. The number of nitrogens with zero attached hydrogens (tertiary/aromatic N) is 5. The van der Waals surface area contributed by atoms with Crippen molar-refractivity contribution in [2.45, 2.75) is 38.3 Å². The molecule has 1 N–H and O–H groups in total. The first-order valence-corrected chi connectivity index (χ1v) is 12.3. The number of amides is 1. The maximum Gasteiger partial charge on any atom is 0.234 e. The topological polar surface area (TPSA) is 75.4 Å². The second-order valence-corrected chi connectivity index (χ2v) is 9.93. The molecule has 3 aromatic heterocycles. The van der Waals surface area contributed by atoms with Gasteiger partial charge in [-0.2, -0.15) is 0 Å². The quantitative estimate of drug-likeness (QED) is 0.443. The number of carbonyl (C=O) groups is 1. The van der Waals surface area contributed by atoms with E-state index in [1.807, 2.05) is 22.6 Å². The van der Waals surface area contributed by atoms with Crippen LogP contribution >= 0.6 is 23.1 Å². The van der Waals surface area contributed by atoms with Gasteiger partial charge in [-0.3, -0.25) is 9.20 Å². The van der Waals surface area contributed by atoms with E-state index in [1.165, 1.54) is 41.5 Å². The number of thiophene rings is 1. The van der Waals surface area contributed by atoms with E-state index < -0.39 is 0 Å². The van der Waals surface area contributed by atoms with E-state index in [-0.39, 0.29) is 11.7 Å². The molecule has 0 bridgehead atoms. The molecular weight excluding hydrogens is 428 g/mol. The van der Waals surface area contributed by atoms with Crippen LogP contribution in [0, 0.1) is 13.8 Å². The number of nitrogens with one attached hydrogen (secondary N) is 1. The van der Waals surface area contributed by atoms with Gasteiger partial charge in [0.15, 0.2) is 10.8 Å². The van der Waals surface area contributed by atoms with Gasteiger partial charge in [0.2, 0.25) is 5.91 Å². The molecule has 1 amide bonds. The number of benzene rings is 1. The van der Waals surface area contributed by atoms with E-state index in [0.717, 1.165) is 40.3 Å². The van der Waals surface area contributed by atoms with E-state index >= 15 is 0 Å². The molecule has 9 heteroatoms. The standard InChI is InChI=1S/C22H24N6OS2/c1-14-15(2)31-21-19(14)20-25-26-22(28(20)13-23-21)30-12-18(29)24-16-8-4-5-9-17(16)27-10-6-3-7-11-27/h4-5,8-9,13H,3,6-7,10-12H2,1-2H3,(H,24,29). The Morgan fingerprint density at radius 2 is 1.97 bits per heavy atom. The molecule has 0 unspecified atom stereocenters. The average Bonchev–Trinajstić information content (AvgIpc) is 3.33. The van der Waals surface area contributed by atoms with Gasteiger partial charge in [-0.05, 0) is 50.8 Å². The van der Waals surface area contributed by atoms with E-state index in [0.29, 0.717) is 5.16 Å². The van der Waals surface area contributed by atoms with E-state index in [1.54, 1.807) is 17.7 Å². The maximum absolute atomic E-state index is 12.7. The zero-order valence-electron chi connectivity index (χ0n) is 17.6. The molecule has 0 saturated carbocycles. The molecule has 0 radical (unpaired) electrons. The van der Waals surface area contributed by atoms with E-state index in [2.05, 4.69) is 45.3 Å². The van der Waals surface area contributed by atoms with Gasteiger partial charge in [-0.1, -0.05) is 23.9 Å². The summed E-state index contributed by atoms with van der Waals surface area (Å²) < 4.78 is 1.88. The summed E-state index contributed by atoms with van der Waals surface area (Å²) in [5, 5.41) is 13.5. The van der Waals surface area contributed by atoms with Crippen molar-refractivity contribution in [3.05, 3.63) is 41.0 Å². The number of fused-ring (bicyclic) bond motifs is 3. The molecule has 1 saturated heterocycles. The summed E-state index contributed by atoms with van der Waals surface area (Å²) in [4.78, 5) is 21.9. The van der Waals surface area contributed by atoms with Crippen LogP contribution in [0.5, 0.6) is 0 Å². The molecule has 31 heavy (non-hydrogen) atoms. The number of thioether (sulfide) groups is 1. The predicted octanol–water partition coefficient (Wildman–Crippen LogP) is 4.68. The smallest absolute Gasteiger partial charge is 0.234 e. The van der Waals surface area contributed by atoms with Gasteiger partial charge in [0.1, 0.15) is 11.2 Å². The number of carbonyl (C=O) groups excluding carboxylic acids is 1. The van der Waals surface area contributed by atoms with Crippen LogP contribution in [0.15, 0.2) is 35.7 Å². The lowest BCUT2D eigenvalue weighted by molar-refractivity contribution is -0.113. The van der Waals surface area contributed by atoms with Gasteiger partial charge >= 0.3 is 0 Å². The number of rotatable bonds is 5. The third kappa shape index (κ3) is 3.87. The van der Waals surface area contributed by atoms with Crippen LogP contribution < -0.4 is 10.2 Å². The molecule has 1 aliphatic heterocycles. The minimum atomic E-state index is -0.0530.